The lowest BCUT2D eigenvalue weighted by molar-refractivity contribution is 0.192. The molecule has 1 unspecified atom stereocenters. The first-order valence-electron chi connectivity index (χ1n) is 4.83. The van der Waals surface area contributed by atoms with E-state index in [1.54, 1.807) is 0 Å². The van der Waals surface area contributed by atoms with E-state index in [9.17, 15) is 8.42 Å². The van der Waals surface area contributed by atoms with Crippen molar-refractivity contribution in [2.45, 2.75) is 10.3 Å². The molecule has 1 rings (SSSR count). The highest BCUT2D eigenvalue weighted by molar-refractivity contribution is 7.89. The van der Waals surface area contributed by atoms with Crippen LogP contribution in [0.25, 0.3) is 0 Å². The predicted octanol–water partition coefficient (Wildman–Crippen LogP) is 2.93. The lowest BCUT2D eigenvalue weighted by Gasteiger charge is -2.19. The van der Waals surface area contributed by atoms with Gasteiger partial charge < -0.3 is 4.74 Å². The van der Waals surface area contributed by atoms with Crippen molar-refractivity contribution < 1.29 is 13.2 Å². The van der Waals surface area contributed by atoms with Crippen LogP contribution >= 0.6 is 46.1 Å². The van der Waals surface area contributed by atoms with Crippen molar-refractivity contribution in [2.24, 2.45) is 0 Å². The van der Waals surface area contributed by atoms with Gasteiger partial charge in [0.1, 0.15) is 9.23 Å². The summed E-state index contributed by atoms with van der Waals surface area (Å²) >= 11 is 18.5. The Morgan fingerprint density at radius 2 is 2.11 bits per heavy atom. The summed E-state index contributed by atoms with van der Waals surface area (Å²) in [4.78, 5) is 0.00273. The van der Waals surface area contributed by atoms with Gasteiger partial charge in [0.25, 0.3) is 0 Å². The third-order valence-electron chi connectivity index (χ3n) is 2.12. The number of halogens is 3. The molecule has 0 radical (unpaired) electrons. The molecule has 0 amide bonds. The Hall–Kier alpha value is 0.440. The van der Waals surface area contributed by atoms with Crippen molar-refractivity contribution in [1.82, 2.24) is 4.31 Å². The van der Waals surface area contributed by atoms with Gasteiger partial charge in [0.2, 0.25) is 10.0 Å². The first-order chi connectivity index (χ1) is 8.28. The molecule has 1 aromatic heterocycles. The Bertz CT molecular complexity index is 503. The predicted molar refractivity (Wildman–Crippen MR) is 75.7 cm³/mol. The van der Waals surface area contributed by atoms with Gasteiger partial charge in [-0.3, -0.25) is 0 Å². The summed E-state index contributed by atoms with van der Waals surface area (Å²) in [6.45, 7) is 0.390. The number of methoxy groups -OCH3 is 1. The van der Waals surface area contributed by atoms with Gasteiger partial charge in [-0.25, -0.2) is 8.42 Å². The summed E-state index contributed by atoms with van der Waals surface area (Å²) < 4.78 is 30.8. The largest absolute Gasteiger partial charge is 0.383 e. The number of thiophene rings is 1. The second kappa shape index (κ2) is 6.74. The number of hydrogen-bond donors (Lipinski definition) is 0. The molecule has 0 spiro atoms. The molecule has 1 heterocycles. The monoisotopic (exact) mass is 351 g/mol. The molecule has 0 aromatic carbocycles. The second-order valence-corrected chi connectivity index (χ2v) is 8.44. The molecule has 1 atom stereocenters. The minimum absolute atomic E-state index is 0.00273. The van der Waals surface area contributed by atoms with Gasteiger partial charge in [-0.15, -0.1) is 22.9 Å². The van der Waals surface area contributed by atoms with Crippen LogP contribution < -0.4 is 0 Å². The van der Waals surface area contributed by atoms with E-state index < -0.39 is 15.4 Å². The molecule has 0 fully saturated rings. The van der Waals surface area contributed by atoms with Crippen LogP contribution in [0.3, 0.4) is 0 Å². The number of rotatable bonds is 6. The SMILES string of the molecule is COCC(Cl)CN(C)S(=O)(=O)c1cc(Cl)sc1Cl. The Labute approximate surface area is 125 Å². The molecule has 0 aliphatic rings. The molecule has 18 heavy (non-hydrogen) atoms. The number of hydrogen-bond acceptors (Lipinski definition) is 4. The van der Waals surface area contributed by atoms with Gasteiger partial charge in [-0.2, -0.15) is 4.31 Å². The van der Waals surface area contributed by atoms with E-state index in [4.69, 9.17) is 39.5 Å². The highest BCUT2D eigenvalue weighted by atomic mass is 35.5. The first kappa shape index (κ1) is 16.5. The van der Waals surface area contributed by atoms with Gasteiger partial charge in [0.15, 0.2) is 0 Å². The fraction of sp³-hybridized carbons (Fsp3) is 0.556. The second-order valence-electron chi connectivity index (χ2n) is 3.53. The molecule has 0 saturated heterocycles. The van der Waals surface area contributed by atoms with Gasteiger partial charge >= 0.3 is 0 Å². The van der Waals surface area contributed by atoms with Gasteiger partial charge in [0, 0.05) is 20.7 Å². The first-order valence-corrected chi connectivity index (χ1v) is 8.28. The Morgan fingerprint density at radius 3 is 2.56 bits per heavy atom. The van der Waals surface area contributed by atoms with Crippen LogP contribution in [0, 0.1) is 0 Å². The summed E-state index contributed by atoms with van der Waals surface area (Å²) in [6.07, 6.45) is 0. The summed E-state index contributed by atoms with van der Waals surface area (Å²) in [5.74, 6) is 0. The van der Waals surface area contributed by atoms with E-state index in [-0.39, 0.29) is 22.4 Å². The normalized spacial score (nSPS) is 14.1. The number of alkyl halides is 1. The van der Waals surface area contributed by atoms with Crippen molar-refractivity contribution in [1.29, 1.82) is 0 Å². The van der Waals surface area contributed by atoms with E-state index in [1.807, 2.05) is 0 Å². The topological polar surface area (TPSA) is 46.6 Å². The highest BCUT2D eigenvalue weighted by Crippen LogP contribution is 2.35. The molecule has 0 bridgehead atoms. The summed E-state index contributed by atoms with van der Waals surface area (Å²) in [5.41, 5.74) is 0. The molecule has 104 valence electrons. The fourth-order valence-electron chi connectivity index (χ4n) is 1.28. The summed E-state index contributed by atoms with van der Waals surface area (Å²) in [7, 11) is -0.743. The van der Waals surface area contributed by atoms with Crippen LogP contribution in [0.1, 0.15) is 0 Å². The third-order valence-corrected chi connectivity index (χ3v) is 5.96. The van der Waals surface area contributed by atoms with Crippen LogP contribution in [0.4, 0.5) is 0 Å². The molecular weight excluding hydrogens is 341 g/mol. The molecule has 0 aliphatic heterocycles. The quantitative estimate of drug-likeness (QED) is 0.740. The minimum atomic E-state index is -3.67. The van der Waals surface area contributed by atoms with Crippen LogP contribution in [0.15, 0.2) is 11.0 Å². The van der Waals surface area contributed by atoms with Crippen molar-refractivity contribution in [3.63, 3.8) is 0 Å². The number of sulfonamides is 1. The zero-order valence-corrected chi connectivity index (χ0v) is 13.6. The van der Waals surface area contributed by atoms with Crippen molar-refractivity contribution in [2.75, 3.05) is 27.3 Å². The third kappa shape index (κ3) is 3.96. The number of nitrogens with zero attached hydrogens (tertiary/aromatic N) is 1. The maximum absolute atomic E-state index is 12.2. The summed E-state index contributed by atoms with van der Waals surface area (Å²) in [5, 5.41) is -0.428. The molecule has 9 heteroatoms. The highest BCUT2D eigenvalue weighted by Gasteiger charge is 2.27. The molecule has 4 nitrogen and oxygen atoms in total. The van der Waals surface area contributed by atoms with Crippen molar-refractivity contribution in [3.8, 4) is 0 Å². The minimum Gasteiger partial charge on any atom is -0.383 e. The van der Waals surface area contributed by atoms with E-state index in [0.29, 0.717) is 4.34 Å². The number of ether oxygens (including phenoxy) is 1. The lowest BCUT2D eigenvalue weighted by atomic mass is 10.4. The van der Waals surface area contributed by atoms with Crippen LogP contribution in [0.2, 0.25) is 8.67 Å². The maximum Gasteiger partial charge on any atom is 0.245 e. The van der Waals surface area contributed by atoms with Gasteiger partial charge in [-0.1, -0.05) is 23.2 Å². The fourth-order valence-corrected chi connectivity index (χ4v) is 5.02. The average Bonchev–Trinajstić information content (AvgIpc) is 2.58. The Balaban J connectivity index is 2.90. The molecule has 1 aromatic rings. The molecular formula is C9H12Cl3NO3S2. The van der Waals surface area contributed by atoms with Crippen molar-refractivity contribution in [3.05, 3.63) is 14.7 Å². The van der Waals surface area contributed by atoms with E-state index in [1.165, 1.54) is 20.2 Å². The molecule has 0 saturated carbocycles. The van der Waals surface area contributed by atoms with E-state index in [0.717, 1.165) is 15.6 Å². The van der Waals surface area contributed by atoms with Crippen LogP contribution in [-0.2, 0) is 14.8 Å². The zero-order valence-electron chi connectivity index (χ0n) is 9.69. The van der Waals surface area contributed by atoms with Crippen LogP contribution in [-0.4, -0.2) is 45.4 Å². The smallest absolute Gasteiger partial charge is 0.245 e. The van der Waals surface area contributed by atoms with Gasteiger partial charge in [0.05, 0.1) is 16.3 Å². The van der Waals surface area contributed by atoms with E-state index in [2.05, 4.69) is 0 Å². The Morgan fingerprint density at radius 1 is 1.50 bits per heavy atom. The molecule has 0 N–H and O–H groups in total. The molecule has 0 aliphatic carbocycles. The summed E-state index contributed by atoms with van der Waals surface area (Å²) in [6, 6.07) is 1.33. The standard InChI is InChI=1S/C9H12Cl3NO3S2/c1-13(4-6(10)5-16-2)18(14,15)7-3-8(11)17-9(7)12/h3,6H,4-5H2,1-2H3. The lowest BCUT2D eigenvalue weighted by Crippen LogP contribution is -2.33. The zero-order chi connectivity index (χ0) is 13.9. The van der Waals surface area contributed by atoms with E-state index >= 15 is 0 Å². The maximum atomic E-state index is 12.2. The average molecular weight is 353 g/mol. The Kier molecular flexibility index (Phi) is 6.18. The van der Waals surface area contributed by atoms with Gasteiger partial charge in [-0.05, 0) is 6.07 Å². The van der Waals surface area contributed by atoms with Crippen LogP contribution in [0.5, 0.6) is 0 Å². The van der Waals surface area contributed by atoms with Crippen molar-refractivity contribution >= 4 is 56.2 Å².